The van der Waals surface area contributed by atoms with Crippen LogP contribution in [0.1, 0.15) is 57.9 Å². The molecule has 0 bridgehead atoms. The number of carbonyl (C=O) groups is 3. The molecule has 1 aromatic carbocycles. The molecular formula is C28H34F3NO7. The summed E-state index contributed by atoms with van der Waals surface area (Å²) in [5.41, 5.74) is 2.77. The molecule has 0 heterocycles. The van der Waals surface area contributed by atoms with Gasteiger partial charge in [-0.15, -0.1) is 0 Å². The molecule has 3 fully saturated rings. The average molecular weight is 554 g/mol. The molecule has 0 aromatic heterocycles. The van der Waals surface area contributed by atoms with E-state index in [4.69, 9.17) is 19.9 Å². The van der Waals surface area contributed by atoms with E-state index in [1.165, 1.54) is 13.0 Å². The number of benzene rings is 1. The first-order chi connectivity index (χ1) is 18.3. The van der Waals surface area contributed by atoms with Crippen molar-refractivity contribution in [3.63, 3.8) is 0 Å². The van der Waals surface area contributed by atoms with Gasteiger partial charge in [0.25, 0.3) is 0 Å². The molecule has 0 amide bonds. The summed E-state index contributed by atoms with van der Waals surface area (Å²) in [6, 6.07) is 3.08. The Morgan fingerprint density at radius 1 is 1.18 bits per heavy atom. The van der Waals surface area contributed by atoms with Gasteiger partial charge in [-0.25, -0.2) is 22.8 Å². The van der Waals surface area contributed by atoms with Crippen LogP contribution in [0.5, 0.6) is 0 Å². The number of hydrogen-bond acceptors (Lipinski definition) is 7. The van der Waals surface area contributed by atoms with Gasteiger partial charge in [0.2, 0.25) is 12.0 Å². The largest absolute Gasteiger partial charge is 0.479 e. The monoisotopic (exact) mass is 553 g/mol. The van der Waals surface area contributed by atoms with Crippen LogP contribution in [-0.4, -0.2) is 46.6 Å². The summed E-state index contributed by atoms with van der Waals surface area (Å²) < 4.78 is 58.1. The molecule has 4 rings (SSSR count). The third-order valence-corrected chi connectivity index (χ3v) is 8.19. The number of carboxylic acids is 1. The van der Waals surface area contributed by atoms with Crippen molar-refractivity contribution in [3.05, 3.63) is 47.5 Å². The first kappa shape index (κ1) is 29.1. The Morgan fingerprint density at radius 2 is 1.90 bits per heavy atom. The maximum atomic E-state index is 15.2. The SMILES string of the molecule is C=C1CC(C)CC(CCC(=O)O[C@H](C)OC(=O)[C@@]2(N)[C@H]3[C@@H](C[C@H]2OCc2ccc(F)c(F)c2)[C@]3(F)C(=O)O)C1. The summed E-state index contributed by atoms with van der Waals surface area (Å²) >= 11 is 0. The van der Waals surface area contributed by atoms with E-state index in [0.29, 0.717) is 18.3 Å². The number of fused-ring (bicyclic) bond motifs is 1. The van der Waals surface area contributed by atoms with E-state index in [9.17, 15) is 28.3 Å². The van der Waals surface area contributed by atoms with Gasteiger partial charge in [-0.2, -0.15) is 0 Å². The average Bonchev–Trinajstić information content (AvgIpc) is 3.33. The fourth-order valence-electron chi connectivity index (χ4n) is 6.40. The molecule has 0 saturated heterocycles. The number of halogens is 3. The zero-order valence-corrected chi connectivity index (χ0v) is 22.0. The number of carbonyl (C=O) groups excluding carboxylic acids is 2. The molecule has 3 aliphatic carbocycles. The zero-order valence-electron chi connectivity index (χ0n) is 22.0. The quantitative estimate of drug-likeness (QED) is 0.251. The lowest BCUT2D eigenvalue weighted by atomic mass is 9.78. The highest BCUT2D eigenvalue weighted by atomic mass is 19.2. The number of rotatable bonds is 10. The van der Waals surface area contributed by atoms with Gasteiger partial charge in [0.1, 0.15) is 5.54 Å². The lowest BCUT2D eigenvalue weighted by molar-refractivity contribution is -0.193. The van der Waals surface area contributed by atoms with Gasteiger partial charge >= 0.3 is 17.9 Å². The number of esters is 2. The molecule has 3 aliphatic rings. The molecule has 0 aliphatic heterocycles. The van der Waals surface area contributed by atoms with Gasteiger partial charge in [-0.05, 0) is 61.6 Å². The summed E-state index contributed by atoms with van der Waals surface area (Å²) in [5.74, 6) is -7.40. The minimum absolute atomic E-state index is 0.109. The predicted octanol–water partition coefficient (Wildman–Crippen LogP) is 4.20. The van der Waals surface area contributed by atoms with Crippen LogP contribution in [0, 0.1) is 35.3 Å². The van der Waals surface area contributed by atoms with Crippen molar-refractivity contribution in [2.75, 3.05) is 0 Å². The Balaban J connectivity index is 1.37. The molecule has 0 radical (unpaired) electrons. The normalized spacial score (nSPS) is 34.2. The molecule has 2 unspecified atom stereocenters. The van der Waals surface area contributed by atoms with Crippen molar-refractivity contribution in [2.24, 2.45) is 29.4 Å². The molecule has 3 saturated carbocycles. The Hall–Kier alpha value is -2.92. The zero-order chi connectivity index (χ0) is 28.7. The first-order valence-electron chi connectivity index (χ1n) is 13.1. The van der Waals surface area contributed by atoms with E-state index in [0.717, 1.165) is 37.0 Å². The van der Waals surface area contributed by atoms with Crippen molar-refractivity contribution in [1.82, 2.24) is 0 Å². The second-order valence-corrected chi connectivity index (χ2v) is 11.2. The smallest absolute Gasteiger partial charge is 0.342 e. The van der Waals surface area contributed by atoms with Crippen LogP contribution in [0.2, 0.25) is 0 Å². The summed E-state index contributed by atoms with van der Waals surface area (Å²) in [5, 5.41) is 9.41. The highest BCUT2D eigenvalue weighted by molar-refractivity contribution is 5.91. The van der Waals surface area contributed by atoms with Crippen molar-refractivity contribution in [2.45, 2.75) is 82.6 Å². The fourth-order valence-corrected chi connectivity index (χ4v) is 6.40. The van der Waals surface area contributed by atoms with E-state index in [1.54, 1.807) is 0 Å². The van der Waals surface area contributed by atoms with Crippen LogP contribution in [0.3, 0.4) is 0 Å². The summed E-state index contributed by atoms with van der Waals surface area (Å²) in [7, 11) is 0. The second kappa shape index (κ2) is 10.9. The highest BCUT2D eigenvalue weighted by Crippen LogP contribution is 2.67. The Morgan fingerprint density at radius 3 is 2.54 bits per heavy atom. The summed E-state index contributed by atoms with van der Waals surface area (Å²) in [6.07, 6.45) is 0.756. The number of ether oxygens (including phenoxy) is 3. The summed E-state index contributed by atoms with van der Waals surface area (Å²) in [6.45, 7) is 7.20. The van der Waals surface area contributed by atoms with E-state index in [2.05, 4.69) is 13.5 Å². The van der Waals surface area contributed by atoms with Gasteiger partial charge in [0, 0.05) is 25.2 Å². The van der Waals surface area contributed by atoms with Crippen molar-refractivity contribution >= 4 is 17.9 Å². The molecule has 0 spiro atoms. The number of aliphatic carboxylic acids is 1. The molecule has 1 aromatic rings. The molecular weight excluding hydrogens is 519 g/mol. The first-order valence-corrected chi connectivity index (χ1v) is 13.1. The molecule has 8 nitrogen and oxygen atoms in total. The fraction of sp³-hybridized carbons (Fsp3) is 0.607. The van der Waals surface area contributed by atoms with Crippen molar-refractivity contribution in [1.29, 1.82) is 0 Å². The van der Waals surface area contributed by atoms with E-state index in [-0.39, 0.29) is 25.0 Å². The number of alkyl halides is 1. The number of hydrogen-bond donors (Lipinski definition) is 2. The van der Waals surface area contributed by atoms with Crippen molar-refractivity contribution < 1.29 is 46.9 Å². The van der Waals surface area contributed by atoms with Crippen molar-refractivity contribution in [3.8, 4) is 0 Å². The molecule has 39 heavy (non-hydrogen) atoms. The van der Waals surface area contributed by atoms with Gasteiger partial charge < -0.3 is 25.1 Å². The summed E-state index contributed by atoms with van der Waals surface area (Å²) in [4.78, 5) is 37.2. The van der Waals surface area contributed by atoms with E-state index < -0.39 is 65.0 Å². The van der Waals surface area contributed by atoms with Crippen LogP contribution in [0.4, 0.5) is 13.2 Å². The van der Waals surface area contributed by atoms with Crippen LogP contribution in [0.15, 0.2) is 30.4 Å². The minimum atomic E-state index is -2.74. The minimum Gasteiger partial charge on any atom is -0.479 e. The second-order valence-electron chi connectivity index (χ2n) is 11.2. The van der Waals surface area contributed by atoms with Gasteiger partial charge in [-0.3, -0.25) is 4.79 Å². The Labute approximate surface area is 224 Å². The third-order valence-electron chi connectivity index (χ3n) is 8.19. The maximum absolute atomic E-state index is 15.2. The van der Waals surface area contributed by atoms with E-state index in [1.807, 2.05) is 0 Å². The molecule has 11 heteroatoms. The van der Waals surface area contributed by atoms with Gasteiger partial charge in [0.05, 0.1) is 12.7 Å². The van der Waals surface area contributed by atoms with Crippen LogP contribution in [0.25, 0.3) is 0 Å². The Kier molecular flexibility index (Phi) is 8.14. The molecule has 8 atom stereocenters. The number of carboxylic acid groups (broad SMARTS) is 1. The van der Waals surface area contributed by atoms with Crippen LogP contribution >= 0.6 is 0 Å². The standard InChI is InChI=1S/C28H34F3NO7/c1-14-8-15(2)10-17(9-14)5-7-23(33)38-16(3)39-26(36)28(32)22(12-19-24(28)27(19,31)25(34)35)37-13-18-4-6-20(29)21(30)11-18/h4,6,11,15-17,19,22,24H,1,5,7-10,12-13,32H2,2-3H3,(H,34,35)/t15?,16-,17?,19+,22+,24-,27+,28-/m0/s1. The van der Waals surface area contributed by atoms with E-state index >= 15 is 4.39 Å². The molecule has 3 N–H and O–H groups in total. The number of allylic oxidation sites excluding steroid dienone is 1. The lowest BCUT2D eigenvalue weighted by Gasteiger charge is -2.34. The highest BCUT2D eigenvalue weighted by Gasteiger charge is 2.85. The van der Waals surface area contributed by atoms with Crippen LogP contribution < -0.4 is 5.73 Å². The van der Waals surface area contributed by atoms with Gasteiger partial charge in [0.15, 0.2) is 11.6 Å². The topological polar surface area (TPSA) is 125 Å². The Bertz CT molecular complexity index is 1160. The van der Waals surface area contributed by atoms with Crippen LogP contribution in [-0.2, 0) is 35.2 Å². The predicted molar refractivity (Wildman–Crippen MR) is 131 cm³/mol. The number of nitrogens with two attached hydrogens (primary N) is 1. The molecule has 214 valence electrons. The third kappa shape index (κ3) is 5.70. The van der Waals surface area contributed by atoms with Gasteiger partial charge in [-0.1, -0.05) is 25.1 Å². The maximum Gasteiger partial charge on any atom is 0.342 e. The lowest BCUT2D eigenvalue weighted by Crippen LogP contribution is -2.61.